The van der Waals surface area contributed by atoms with E-state index in [1.165, 1.54) is 41.5 Å². The van der Waals surface area contributed by atoms with Gasteiger partial charge in [0.1, 0.15) is 0 Å². The van der Waals surface area contributed by atoms with E-state index in [9.17, 15) is 0 Å². The van der Waals surface area contributed by atoms with Crippen LogP contribution in [0.15, 0.2) is 48.5 Å². The van der Waals surface area contributed by atoms with Crippen molar-refractivity contribution in [3.05, 3.63) is 70.8 Å². The van der Waals surface area contributed by atoms with Gasteiger partial charge in [0.25, 0.3) is 0 Å². The lowest BCUT2D eigenvalue weighted by Crippen LogP contribution is -2.34. The van der Waals surface area contributed by atoms with Crippen molar-refractivity contribution in [3.8, 4) is 0 Å². The van der Waals surface area contributed by atoms with Crippen LogP contribution in [0.5, 0.6) is 0 Å². The largest absolute Gasteiger partial charge is 0.375 e. The van der Waals surface area contributed by atoms with Gasteiger partial charge in [-0.2, -0.15) is 0 Å². The summed E-state index contributed by atoms with van der Waals surface area (Å²) in [5.74, 6) is 0. The van der Waals surface area contributed by atoms with Crippen LogP contribution in [0.4, 0.5) is 0 Å². The first-order chi connectivity index (χ1) is 10.4. The maximum Gasteiger partial charge on any atom is 0.0721 e. The SMILES string of the molecule is c1ccc2c(c1)CCCC2NC1COCc2ccccc21. The zero-order valence-electron chi connectivity index (χ0n) is 12.2. The van der Waals surface area contributed by atoms with Crippen LogP contribution in [0.2, 0.25) is 0 Å². The molecule has 0 radical (unpaired) electrons. The molecule has 0 spiro atoms. The summed E-state index contributed by atoms with van der Waals surface area (Å²) in [6.07, 6.45) is 3.70. The van der Waals surface area contributed by atoms with E-state index in [4.69, 9.17) is 4.74 Å². The van der Waals surface area contributed by atoms with Crippen molar-refractivity contribution >= 4 is 0 Å². The quantitative estimate of drug-likeness (QED) is 0.899. The number of hydrogen-bond donors (Lipinski definition) is 1. The van der Waals surface area contributed by atoms with E-state index in [-0.39, 0.29) is 0 Å². The number of benzene rings is 2. The molecule has 0 saturated heterocycles. The monoisotopic (exact) mass is 279 g/mol. The molecule has 2 atom stereocenters. The number of nitrogens with one attached hydrogen (secondary N) is 1. The average Bonchev–Trinajstić information content (AvgIpc) is 2.56. The Kier molecular flexibility index (Phi) is 3.50. The highest BCUT2D eigenvalue weighted by molar-refractivity contribution is 5.34. The molecule has 2 heteroatoms. The lowest BCUT2D eigenvalue weighted by atomic mass is 9.86. The predicted molar refractivity (Wildman–Crippen MR) is 84.1 cm³/mol. The van der Waals surface area contributed by atoms with E-state index in [2.05, 4.69) is 53.8 Å². The van der Waals surface area contributed by atoms with Crippen LogP contribution in [0.1, 0.15) is 47.2 Å². The number of fused-ring (bicyclic) bond motifs is 2. The molecule has 1 heterocycles. The van der Waals surface area contributed by atoms with E-state index in [1.807, 2.05) is 0 Å². The Labute approximate surface area is 126 Å². The summed E-state index contributed by atoms with van der Waals surface area (Å²) in [6, 6.07) is 18.3. The highest BCUT2D eigenvalue weighted by Crippen LogP contribution is 2.33. The molecule has 2 aliphatic rings. The molecular weight excluding hydrogens is 258 g/mol. The molecule has 2 unspecified atom stereocenters. The molecule has 4 rings (SSSR count). The molecule has 0 saturated carbocycles. The van der Waals surface area contributed by atoms with E-state index in [0.717, 1.165) is 13.2 Å². The number of rotatable bonds is 2. The standard InChI is InChI=1S/C19H21NO/c1-3-9-16-14(6-1)8-5-11-18(16)20-19-13-21-12-15-7-2-4-10-17(15)19/h1-4,6-7,9-10,18-20H,5,8,11-13H2. The van der Waals surface area contributed by atoms with Crippen molar-refractivity contribution in [1.29, 1.82) is 0 Å². The van der Waals surface area contributed by atoms with E-state index in [0.29, 0.717) is 12.1 Å². The van der Waals surface area contributed by atoms with Crippen molar-refractivity contribution in [1.82, 2.24) is 5.32 Å². The van der Waals surface area contributed by atoms with Gasteiger partial charge < -0.3 is 10.1 Å². The second kappa shape index (κ2) is 5.63. The zero-order valence-corrected chi connectivity index (χ0v) is 12.2. The summed E-state index contributed by atoms with van der Waals surface area (Å²) in [5, 5.41) is 3.85. The minimum absolute atomic E-state index is 0.311. The molecule has 0 bridgehead atoms. The van der Waals surface area contributed by atoms with Gasteiger partial charge in [0.15, 0.2) is 0 Å². The fraction of sp³-hybridized carbons (Fsp3) is 0.368. The number of aryl methyl sites for hydroxylation is 1. The normalized spacial score (nSPS) is 24.2. The molecule has 2 aromatic carbocycles. The van der Waals surface area contributed by atoms with Crippen molar-refractivity contribution in [3.63, 3.8) is 0 Å². The first-order valence-electron chi connectivity index (χ1n) is 7.91. The molecule has 0 fully saturated rings. The van der Waals surface area contributed by atoms with Crippen LogP contribution >= 0.6 is 0 Å². The highest BCUT2D eigenvalue weighted by Gasteiger charge is 2.26. The predicted octanol–water partition coefficient (Wildman–Crippen LogP) is 3.93. The van der Waals surface area contributed by atoms with Crippen LogP contribution in [-0.4, -0.2) is 6.61 Å². The van der Waals surface area contributed by atoms with Gasteiger partial charge in [-0.05, 0) is 41.5 Å². The van der Waals surface area contributed by atoms with Gasteiger partial charge >= 0.3 is 0 Å². The molecule has 108 valence electrons. The Bertz CT molecular complexity index is 581. The fourth-order valence-corrected chi connectivity index (χ4v) is 3.69. The summed E-state index contributed by atoms with van der Waals surface area (Å²) in [7, 11) is 0. The Morgan fingerprint density at radius 2 is 1.57 bits per heavy atom. The Morgan fingerprint density at radius 1 is 0.857 bits per heavy atom. The van der Waals surface area contributed by atoms with Crippen LogP contribution in [0, 0.1) is 0 Å². The van der Waals surface area contributed by atoms with Gasteiger partial charge in [-0.15, -0.1) is 0 Å². The Hall–Kier alpha value is -1.64. The third-order valence-corrected chi connectivity index (χ3v) is 4.74. The van der Waals surface area contributed by atoms with Gasteiger partial charge in [-0.25, -0.2) is 0 Å². The van der Waals surface area contributed by atoms with Crippen molar-refractivity contribution in [2.24, 2.45) is 0 Å². The molecule has 0 aromatic heterocycles. The van der Waals surface area contributed by atoms with Gasteiger partial charge in [0, 0.05) is 6.04 Å². The summed E-state index contributed by atoms with van der Waals surface area (Å²) in [5.41, 5.74) is 5.72. The molecule has 1 N–H and O–H groups in total. The maximum absolute atomic E-state index is 5.78. The first kappa shape index (κ1) is 13.1. The Balaban J connectivity index is 1.61. The summed E-state index contributed by atoms with van der Waals surface area (Å²) >= 11 is 0. The lowest BCUT2D eigenvalue weighted by Gasteiger charge is -2.33. The molecule has 1 aliphatic heterocycles. The molecule has 1 aliphatic carbocycles. The topological polar surface area (TPSA) is 21.3 Å². The summed E-state index contributed by atoms with van der Waals surface area (Å²) in [6.45, 7) is 1.52. The second-order valence-electron chi connectivity index (χ2n) is 6.08. The maximum atomic E-state index is 5.78. The fourth-order valence-electron chi connectivity index (χ4n) is 3.69. The van der Waals surface area contributed by atoms with E-state index >= 15 is 0 Å². The number of ether oxygens (including phenoxy) is 1. The van der Waals surface area contributed by atoms with Crippen LogP contribution in [0.3, 0.4) is 0 Å². The van der Waals surface area contributed by atoms with Crippen molar-refractivity contribution in [2.45, 2.75) is 38.0 Å². The molecule has 2 aromatic rings. The van der Waals surface area contributed by atoms with Crippen molar-refractivity contribution < 1.29 is 4.74 Å². The van der Waals surface area contributed by atoms with Gasteiger partial charge in [-0.3, -0.25) is 0 Å². The highest BCUT2D eigenvalue weighted by atomic mass is 16.5. The number of hydrogen-bond acceptors (Lipinski definition) is 2. The Morgan fingerprint density at radius 3 is 2.43 bits per heavy atom. The first-order valence-corrected chi connectivity index (χ1v) is 7.91. The minimum Gasteiger partial charge on any atom is -0.375 e. The van der Waals surface area contributed by atoms with Gasteiger partial charge in [-0.1, -0.05) is 48.5 Å². The lowest BCUT2D eigenvalue weighted by molar-refractivity contribution is 0.0775. The van der Waals surface area contributed by atoms with Crippen LogP contribution in [-0.2, 0) is 17.8 Å². The van der Waals surface area contributed by atoms with Crippen molar-refractivity contribution in [2.75, 3.05) is 6.61 Å². The molecule has 2 nitrogen and oxygen atoms in total. The summed E-state index contributed by atoms with van der Waals surface area (Å²) in [4.78, 5) is 0. The molecular formula is C19H21NO. The smallest absolute Gasteiger partial charge is 0.0721 e. The second-order valence-corrected chi connectivity index (χ2v) is 6.08. The van der Waals surface area contributed by atoms with Gasteiger partial charge in [0.2, 0.25) is 0 Å². The average molecular weight is 279 g/mol. The third kappa shape index (κ3) is 2.50. The summed E-state index contributed by atoms with van der Waals surface area (Å²) < 4.78 is 5.78. The van der Waals surface area contributed by atoms with E-state index < -0.39 is 0 Å². The van der Waals surface area contributed by atoms with Gasteiger partial charge in [0.05, 0.1) is 19.3 Å². The third-order valence-electron chi connectivity index (χ3n) is 4.74. The molecule has 0 amide bonds. The zero-order chi connectivity index (χ0) is 14.1. The van der Waals surface area contributed by atoms with E-state index in [1.54, 1.807) is 0 Å². The van der Waals surface area contributed by atoms with Crippen LogP contribution in [0.25, 0.3) is 0 Å². The van der Waals surface area contributed by atoms with Crippen LogP contribution < -0.4 is 5.32 Å². The molecule has 21 heavy (non-hydrogen) atoms. The minimum atomic E-state index is 0.311.